The molecule has 1 aliphatic heterocycles. The van der Waals surface area contributed by atoms with Crippen LogP contribution in [0.3, 0.4) is 0 Å². The number of para-hydroxylation sites is 3. The van der Waals surface area contributed by atoms with Crippen LogP contribution in [0.1, 0.15) is 35.1 Å². The van der Waals surface area contributed by atoms with Crippen LogP contribution < -0.4 is 20.3 Å². The van der Waals surface area contributed by atoms with E-state index in [1.165, 1.54) is 0 Å². The Morgan fingerprint density at radius 3 is 1.96 bits per heavy atom. The number of hydrogen-bond acceptors (Lipinski definition) is 7. The lowest BCUT2D eigenvalue weighted by Crippen LogP contribution is -2.48. The van der Waals surface area contributed by atoms with Gasteiger partial charge in [0.2, 0.25) is 23.7 Å². The molecule has 3 amide bonds. The van der Waals surface area contributed by atoms with Crippen molar-refractivity contribution in [3.63, 3.8) is 0 Å². The van der Waals surface area contributed by atoms with Crippen LogP contribution in [-0.4, -0.2) is 60.7 Å². The van der Waals surface area contributed by atoms with E-state index in [1.54, 1.807) is 4.90 Å². The first-order valence-electron chi connectivity index (χ1n) is 18.2. The summed E-state index contributed by atoms with van der Waals surface area (Å²) in [5.41, 5.74) is 6.01. The molecule has 0 saturated heterocycles. The fraction of sp³-hybridized carbons (Fsp3) is 0.227. The molecule has 2 N–H and O–H groups in total. The van der Waals surface area contributed by atoms with Gasteiger partial charge in [-0.1, -0.05) is 115 Å². The molecule has 0 spiro atoms. The fourth-order valence-electron chi connectivity index (χ4n) is 6.32. The van der Waals surface area contributed by atoms with Crippen molar-refractivity contribution in [2.45, 2.75) is 38.9 Å². The molecule has 0 bridgehead atoms. The van der Waals surface area contributed by atoms with Crippen molar-refractivity contribution < 1.29 is 19.1 Å². The van der Waals surface area contributed by atoms with Gasteiger partial charge >= 0.3 is 0 Å². The molecule has 10 nitrogen and oxygen atoms in total. The van der Waals surface area contributed by atoms with Gasteiger partial charge in [0.15, 0.2) is 0 Å². The number of anilines is 2. The molecule has 0 radical (unpaired) electrons. The van der Waals surface area contributed by atoms with E-state index in [9.17, 15) is 14.4 Å². The molecular weight excluding hydrogens is 677 g/mol. The normalized spacial score (nSPS) is 11.9. The van der Waals surface area contributed by atoms with E-state index in [0.29, 0.717) is 56.2 Å². The Labute approximate surface area is 317 Å². The van der Waals surface area contributed by atoms with Gasteiger partial charge in [-0.2, -0.15) is 0 Å². The first kappa shape index (κ1) is 37.3. The second-order valence-corrected chi connectivity index (χ2v) is 13.4. The number of rotatable bonds is 15. The molecule has 0 unspecified atom stereocenters. The summed E-state index contributed by atoms with van der Waals surface area (Å²) in [6.07, 6.45) is 0.979. The number of hydrogen-bond donors (Lipinski definition) is 2. The molecule has 1 aliphatic rings. The van der Waals surface area contributed by atoms with Gasteiger partial charge in [0.1, 0.15) is 18.0 Å². The van der Waals surface area contributed by atoms with Crippen LogP contribution in [0.25, 0.3) is 0 Å². The number of carbonyl (C=O) groups is 3. The SMILES string of the molecule is CN(C)c1ccccc1NC(=O)CN1Cc2cccc(OCCCC(=O)N(Cc3ccccc3)Cc3ccccc3)c2N=C1NC(=O)Cc1ccccc1. The zero-order valence-corrected chi connectivity index (χ0v) is 30.8. The maximum atomic E-state index is 13.5. The molecular formula is C44H46N6O4. The smallest absolute Gasteiger partial charge is 0.244 e. The number of nitrogens with zero attached hydrogens (tertiary/aromatic N) is 4. The molecule has 1 heterocycles. The fourth-order valence-corrected chi connectivity index (χ4v) is 6.32. The summed E-state index contributed by atoms with van der Waals surface area (Å²) in [7, 11) is 3.84. The highest BCUT2D eigenvalue weighted by molar-refractivity contribution is 6.03. The minimum absolute atomic E-state index is 0.0404. The summed E-state index contributed by atoms with van der Waals surface area (Å²) in [5, 5.41) is 5.98. The van der Waals surface area contributed by atoms with Crippen LogP contribution in [0, 0.1) is 0 Å². The second-order valence-electron chi connectivity index (χ2n) is 13.4. The van der Waals surface area contributed by atoms with Gasteiger partial charge in [0, 0.05) is 45.7 Å². The number of guanidine groups is 1. The summed E-state index contributed by atoms with van der Waals surface area (Å²) in [6, 6.07) is 42.7. The summed E-state index contributed by atoms with van der Waals surface area (Å²) in [4.78, 5) is 50.7. The van der Waals surface area contributed by atoms with Gasteiger partial charge in [0.25, 0.3) is 0 Å². The monoisotopic (exact) mass is 722 g/mol. The third kappa shape index (κ3) is 10.3. The first-order valence-corrected chi connectivity index (χ1v) is 18.2. The van der Waals surface area contributed by atoms with Crippen molar-refractivity contribution in [2.75, 3.05) is 37.5 Å². The minimum Gasteiger partial charge on any atom is -0.491 e. The maximum Gasteiger partial charge on any atom is 0.244 e. The first-order chi connectivity index (χ1) is 26.3. The number of carbonyl (C=O) groups excluding carboxylic acids is 3. The number of fused-ring (bicyclic) bond motifs is 1. The summed E-state index contributed by atoms with van der Waals surface area (Å²) in [6.45, 7) is 1.63. The number of aliphatic imine (C=N–C) groups is 1. The minimum atomic E-state index is -0.251. The van der Waals surface area contributed by atoms with Crippen LogP contribution in [0.4, 0.5) is 17.1 Å². The van der Waals surface area contributed by atoms with E-state index < -0.39 is 0 Å². The molecule has 0 saturated carbocycles. The lowest BCUT2D eigenvalue weighted by molar-refractivity contribution is -0.132. The molecule has 10 heteroatoms. The Hall–Kier alpha value is -6.42. The molecule has 0 atom stereocenters. The molecule has 5 aromatic rings. The summed E-state index contributed by atoms with van der Waals surface area (Å²) < 4.78 is 6.26. The quantitative estimate of drug-likeness (QED) is 0.114. The van der Waals surface area contributed by atoms with Gasteiger partial charge in [-0.05, 0) is 41.3 Å². The number of benzene rings is 5. The Morgan fingerprint density at radius 1 is 0.704 bits per heavy atom. The standard InChI is InChI=1S/C44H46N6O4/c1-48(2)38-24-13-12-23-37(38)45-41(52)32-50-31-36-22-14-25-39(43(36)47-44(50)46-40(51)28-33-16-6-3-7-17-33)54-27-15-26-42(53)49(29-34-18-8-4-9-19-34)30-35-20-10-5-11-21-35/h3-14,16-25H,15,26-32H2,1-2H3,(H,45,52)(H,46,47,51). The summed E-state index contributed by atoms with van der Waals surface area (Å²) in [5.74, 6) is 0.361. The van der Waals surface area contributed by atoms with Gasteiger partial charge in [0.05, 0.1) is 24.4 Å². The van der Waals surface area contributed by atoms with E-state index in [2.05, 4.69) is 10.6 Å². The maximum absolute atomic E-state index is 13.5. The van der Waals surface area contributed by atoms with Crippen molar-refractivity contribution >= 4 is 40.7 Å². The van der Waals surface area contributed by atoms with E-state index in [0.717, 1.165) is 27.9 Å². The molecule has 0 aromatic heterocycles. The molecule has 276 valence electrons. The highest BCUT2D eigenvalue weighted by Crippen LogP contribution is 2.36. The Bertz CT molecular complexity index is 2010. The van der Waals surface area contributed by atoms with Crippen molar-refractivity contribution in [3.8, 4) is 5.75 Å². The van der Waals surface area contributed by atoms with Gasteiger partial charge in [-0.25, -0.2) is 4.99 Å². The van der Waals surface area contributed by atoms with Crippen molar-refractivity contribution in [3.05, 3.63) is 156 Å². The third-order valence-corrected chi connectivity index (χ3v) is 8.99. The molecule has 54 heavy (non-hydrogen) atoms. The van der Waals surface area contributed by atoms with Crippen LogP contribution in [0.2, 0.25) is 0 Å². The number of nitrogens with one attached hydrogen (secondary N) is 2. The van der Waals surface area contributed by atoms with E-state index >= 15 is 0 Å². The largest absolute Gasteiger partial charge is 0.491 e. The van der Waals surface area contributed by atoms with Gasteiger partial charge < -0.3 is 24.8 Å². The second kappa shape index (κ2) is 18.4. The zero-order chi connectivity index (χ0) is 37.7. The number of amides is 3. The van der Waals surface area contributed by atoms with Crippen molar-refractivity contribution in [1.82, 2.24) is 15.1 Å². The average molecular weight is 723 g/mol. The van der Waals surface area contributed by atoms with Gasteiger partial charge in [-0.3, -0.25) is 19.7 Å². The predicted octanol–water partition coefficient (Wildman–Crippen LogP) is 6.94. The van der Waals surface area contributed by atoms with E-state index in [4.69, 9.17) is 9.73 Å². The van der Waals surface area contributed by atoms with E-state index in [1.807, 2.05) is 157 Å². The highest BCUT2D eigenvalue weighted by atomic mass is 16.5. The van der Waals surface area contributed by atoms with E-state index in [-0.39, 0.29) is 36.6 Å². The lowest BCUT2D eigenvalue weighted by Gasteiger charge is -2.31. The summed E-state index contributed by atoms with van der Waals surface area (Å²) >= 11 is 0. The van der Waals surface area contributed by atoms with Crippen LogP contribution >= 0.6 is 0 Å². The van der Waals surface area contributed by atoms with Gasteiger partial charge in [-0.15, -0.1) is 0 Å². The van der Waals surface area contributed by atoms with Crippen LogP contribution in [0.5, 0.6) is 5.75 Å². The van der Waals surface area contributed by atoms with Crippen LogP contribution in [-0.2, 0) is 40.4 Å². The molecule has 0 fully saturated rings. The highest BCUT2D eigenvalue weighted by Gasteiger charge is 2.26. The predicted molar refractivity (Wildman–Crippen MR) is 214 cm³/mol. The average Bonchev–Trinajstić information content (AvgIpc) is 3.18. The van der Waals surface area contributed by atoms with Crippen molar-refractivity contribution in [1.29, 1.82) is 0 Å². The molecule has 0 aliphatic carbocycles. The lowest BCUT2D eigenvalue weighted by atomic mass is 10.1. The molecule has 6 rings (SSSR count). The topological polar surface area (TPSA) is 107 Å². The zero-order valence-electron chi connectivity index (χ0n) is 30.8. The molecule has 5 aromatic carbocycles. The Kier molecular flexibility index (Phi) is 12.7. The Morgan fingerprint density at radius 2 is 1.31 bits per heavy atom. The number of ether oxygens (including phenoxy) is 1. The van der Waals surface area contributed by atoms with Crippen molar-refractivity contribution in [2.24, 2.45) is 4.99 Å². The van der Waals surface area contributed by atoms with Crippen LogP contribution in [0.15, 0.2) is 138 Å². The third-order valence-electron chi connectivity index (χ3n) is 8.99. The Balaban J connectivity index is 1.14.